The van der Waals surface area contributed by atoms with Gasteiger partial charge in [0.05, 0.1) is 17.9 Å². The van der Waals surface area contributed by atoms with Crippen molar-refractivity contribution in [3.63, 3.8) is 0 Å². The van der Waals surface area contributed by atoms with Crippen LogP contribution in [-0.4, -0.2) is 34.7 Å². The standard InChI is InChI=1S/C34H30O6/c1-15-8-20-21(11-25(15)35)29-24(14-27(20)37)34(5,6)32(39)30(29)22-10-18-17-12-28(40-7)16(2)9-19(17)26(36)13-23(18)33(3,4)31(22)38/h8-14,35,37H,1-7H3. The van der Waals surface area contributed by atoms with E-state index >= 15 is 0 Å². The highest BCUT2D eigenvalue weighted by Gasteiger charge is 2.49. The predicted molar refractivity (Wildman–Crippen MR) is 154 cm³/mol. The van der Waals surface area contributed by atoms with E-state index in [9.17, 15) is 24.6 Å². The van der Waals surface area contributed by atoms with Crippen LogP contribution in [0.3, 0.4) is 0 Å². The molecule has 0 spiro atoms. The van der Waals surface area contributed by atoms with Gasteiger partial charge in [0.1, 0.15) is 17.2 Å². The highest BCUT2D eigenvalue weighted by molar-refractivity contribution is 6.38. The summed E-state index contributed by atoms with van der Waals surface area (Å²) >= 11 is 0. The van der Waals surface area contributed by atoms with Gasteiger partial charge >= 0.3 is 0 Å². The van der Waals surface area contributed by atoms with Crippen LogP contribution in [0.25, 0.3) is 21.9 Å². The molecule has 0 atom stereocenters. The van der Waals surface area contributed by atoms with Crippen molar-refractivity contribution in [1.82, 2.24) is 0 Å². The van der Waals surface area contributed by atoms with Gasteiger partial charge in [0.2, 0.25) is 0 Å². The average Bonchev–Trinajstić information content (AvgIpc) is 3.08. The first kappa shape index (κ1) is 25.8. The van der Waals surface area contributed by atoms with Crippen molar-refractivity contribution in [1.29, 1.82) is 0 Å². The van der Waals surface area contributed by atoms with Gasteiger partial charge in [-0.15, -0.1) is 0 Å². The summed E-state index contributed by atoms with van der Waals surface area (Å²) in [6.45, 7) is 10.7. The molecule has 0 saturated carbocycles. The zero-order valence-corrected chi connectivity index (χ0v) is 23.6. The Labute approximate surface area is 232 Å². The Morgan fingerprint density at radius 3 is 2.10 bits per heavy atom. The zero-order chi connectivity index (χ0) is 29.0. The summed E-state index contributed by atoms with van der Waals surface area (Å²) in [5.74, 6) is -0.0456. The van der Waals surface area contributed by atoms with Crippen LogP contribution in [0.5, 0.6) is 17.2 Å². The number of methoxy groups -OCH3 is 1. The number of carbonyl (C=O) groups excluding carboxylic acids is 3. The fraction of sp³-hybridized carbons (Fsp3) is 0.265. The molecule has 3 aromatic carbocycles. The van der Waals surface area contributed by atoms with Crippen molar-refractivity contribution in [3.8, 4) is 17.2 Å². The minimum absolute atomic E-state index is 0.00466. The molecule has 0 fully saturated rings. The van der Waals surface area contributed by atoms with E-state index in [4.69, 9.17) is 4.74 Å². The van der Waals surface area contributed by atoms with E-state index in [0.29, 0.717) is 55.5 Å². The van der Waals surface area contributed by atoms with Crippen LogP contribution in [0.2, 0.25) is 0 Å². The lowest BCUT2D eigenvalue weighted by Crippen LogP contribution is -2.35. The van der Waals surface area contributed by atoms with Crippen LogP contribution in [0.1, 0.15) is 65.9 Å². The third kappa shape index (κ3) is 3.19. The number of phenolic OH excluding ortho intramolecular Hbond substituents is 2. The van der Waals surface area contributed by atoms with Crippen LogP contribution in [0.4, 0.5) is 0 Å². The Morgan fingerprint density at radius 1 is 0.725 bits per heavy atom. The number of fused-ring (bicyclic) bond motifs is 6. The van der Waals surface area contributed by atoms with Gasteiger partial charge in [-0.25, -0.2) is 0 Å². The number of rotatable bonds is 1. The molecule has 0 bridgehead atoms. The lowest BCUT2D eigenvalue weighted by Gasteiger charge is -2.36. The first-order chi connectivity index (χ1) is 18.7. The fourth-order valence-corrected chi connectivity index (χ4v) is 6.41. The van der Waals surface area contributed by atoms with Gasteiger partial charge in [0.25, 0.3) is 0 Å². The summed E-state index contributed by atoms with van der Waals surface area (Å²) < 4.78 is 5.56. The van der Waals surface area contributed by atoms with Crippen molar-refractivity contribution < 1.29 is 29.3 Å². The minimum atomic E-state index is -1.10. The largest absolute Gasteiger partial charge is 0.508 e. The second kappa shape index (κ2) is 8.04. The van der Waals surface area contributed by atoms with Crippen molar-refractivity contribution in [3.05, 3.63) is 87.0 Å². The van der Waals surface area contributed by atoms with Gasteiger partial charge in [-0.3, -0.25) is 14.4 Å². The van der Waals surface area contributed by atoms with E-state index in [2.05, 4.69) is 0 Å². The molecular weight excluding hydrogens is 504 g/mol. The summed E-state index contributed by atoms with van der Waals surface area (Å²) in [6.07, 6.45) is 3.26. The SMILES string of the molecule is COc1cc2c(cc1C)C(=O)C=C1C2=CC(=C2C(=O)C(C)(C)c3cc(O)c4cc(C)c(O)cc4c32)C(=O)C1(C)C. The van der Waals surface area contributed by atoms with Gasteiger partial charge in [0, 0.05) is 22.1 Å². The number of phenols is 2. The Hall–Kier alpha value is -4.45. The van der Waals surface area contributed by atoms with E-state index in [0.717, 1.165) is 5.56 Å². The Balaban J connectivity index is 1.76. The van der Waals surface area contributed by atoms with E-state index in [-0.39, 0.29) is 40.0 Å². The molecule has 6 heteroatoms. The molecule has 2 N–H and O–H groups in total. The summed E-state index contributed by atoms with van der Waals surface area (Å²) in [5, 5.41) is 22.5. The molecule has 6 rings (SSSR count). The average molecular weight is 535 g/mol. The van der Waals surface area contributed by atoms with Gasteiger partial charge in [0.15, 0.2) is 17.3 Å². The molecule has 0 aliphatic heterocycles. The molecule has 0 unspecified atom stereocenters. The number of aryl methyl sites for hydroxylation is 2. The number of allylic oxidation sites excluding steroid dienone is 6. The third-order valence-electron chi connectivity index (χ3n) is 8.85. The maximum atomic E-state index is 14.2. The van der Waals surface area contributed by atoms with Gasteiger partial charge in [-0.2, -0.15) is 0 Å². The van der Waals surface area contributed by atoms with Crippen LogP contribution in [0.15, 0.2) is 53.6 Å². The normalized spacial score (nSPS) is 20.6. The summed E-state index contributed by atoms with van der Waals surface area (Å²) in [6, 6.07) is 8.44. The molecular formula is C34H30O6. The van der Waals surface area contributed by atoms with Crippen molar-refractivity contribution in [2.75, 3.05) is 7.11 Å². The summed E-state index contributed by atoms with van der Waals surface area (Å²) in [5.41, 5.74) is 3.37. The first-order valence-electron chi connectivity index (χ1n) is 13.2. The second-order valence-corrected chi connectivity index (χ2v) is 12.0. The molecule has 0 radical (unpaired) electrons. The van der Waals surface area contributed by atoms with Gasteiger partial charge in [-0.05, 0) is 128 Å². The van der Waals surface area contributed by atoms with E-state index in [1.54, 1.807) is 72.1 Å². The molecule has 0 amide bonds. The molecule has 202 valence electrons. The Kier molecular flexibility index (Phi) is 5.19. The van der Waals surface area contributed by atoms with E-state index in [1.165, 1.54) is 6.08 Å². The molecule has 3 aliphatic carbocycles. The number of Topliss-reactive ketones (excluding diaryl/α,β-unsaturated/α-hetero) is 2. The Morgan fingerprint density at radius 2 is 1.43 bits per heavy atom. The molecule has 3 aliphatic rings. The van der Waals surface area contributed by atoms with Crippen molar-refractivity contribution >= 4 is 39.3 Å². The number of aromatic hydroxyl groups is 2. The molecule has 0 aromatic heterocycles. The molecule has 6 nitrogen and oxygen atoms in total. The smallest absolute Gasteiger partial charge is 0.186 e. The van der Waals surface area contributed by atoms with Crippen LogP contribution in [0, 0.1) is 19.3 Å². The summed E-state index contributed by atoms with van der Waals surface area (Å²) in [4.78, 5) is 41.6. The molecule has 3 aromatic rings. The van der Waals surface area contributed by atoms with Gasteiger partial charge < -0.3 is 14.9 Å². The monoisotopic (exact) mass is 534 g/mol. The topological polar surface area (TPSA) is 101 Å². The maximum Gasteiger partial charge on any atom is 0.186 e. The van der Waals surface area contributed by atoms with E-state index < -0.39 is 10.8 Å². The lowest BCUT2D eigenvalue weighted by molar-refractivity contribution is -0.122. The highest BCUT2D eigenvalue weighted by Crippen LogP contribution is 2.54. The molecule has 0 saturated heterocycles. The first-order valence-corrected chi connectivity index (χ1v) is 13.2. The Bertz CT molecular complexity index is 1860. The summed E-state index contributed by atoms with van der Waals surface area (Å²) in [7, 11) is 1.57. The predicted octanol–water partition coefficient (Wildman–Crippen LogP) is 6.31. The van der Waals surface area contributed by atoms with Crippen LogP contribution >= 0.6 is 0 Å². The lowest BCUT2D eigenvalue weighted by atomic mass is 9.64. The maximum absolute atomic E-state index is 14.2. The second-order valence-electron chi connectivity index (χ2n) is 12.0. The van der Waals surface area contributed by atoms with Crippen LogP contribution < -0.4 is 4.74 Å². The number of carbonyl (C=O) groups is 3. The number of hydrogen-bond acceptors (Lipinski definition) is 6. The fourth-order valence-electron chi connectivity index (χ4n) is 6.41. The number of benzene rings is 3. The molecule has 40 heavy (non-hydrogen) atoms. The zero-order valence-electron chi connectivity index (χ0n) is 23.6. The molecule has 0 heterocycles. The highest BCUT2D eigenvalue weighted by atomic mass is 16.5. The van der Waals surface area contributed by atoms with Crippen LogP contribution in [-0.2, 0) is 15.0 Å². The van der Waals surface area contributed by atoms with E-state index in [1.807, 2.05) is 13.0 Å². The number of ether oxygens (including phenoxy) is 1. The number of hydrogen-bond donors (Lipinski definition) is 2. The number of ketones is 3. The van der Waals surface area contributed by atoms with Crippen molar-refractivity contribution in [2.45, 2.75) is 47.0 Å². The minimum Gasteiger partial charge on any atom is -0.508 e. The van der Waals surface area contributed by atoms with Crippen molar-refractivity contribution in [2.24, 2.45) is 5.41 Å². The van der Waals surface area contributed by atoms with Gasteiger partial charge in [-0.1, -0.05) is 0 Å². The quantitative estimate of drug-likeness (QED) is 0.355. The third-order valence-corrected chi connectivity index (χ3v) is 8.85.